The predicted molar refractivity (Wildman–Crippen MR) is 80.2 cm³/mol. The first-order chi connectivity index (χ1) is 9.86. The van der Waals surface area contributed by atoms with Crippen molar-refractivity contribution in [3.05, 3.63) is 35.9 Å². The van der Waals surface area contributed by atoms with Gasteiger partial charge in [-0.3, -0.25) is 0 Å². The van der Waals surface area contributed by atoms with Crippen LogP contribution in [0.5, 0.6) is 0 Å². The fourth-order valence-electron chi connectivity index (χ4n) is 5.46. The number of aliphatic hydroxyl groups is 1. The Kier molecular flexibility index (Phi) is 3.31. The van der Waals surface area contributed by atoms with Crippen LogP contribution < -0.4 is 5.32 Å². The molecule has 2 nitrogen and oxygen atoms in total. The third-order valence-electron chi connectivity index (χ3n) is 6.23. The Hall–Kier alpha value is -0.860. The molecule has 0 heterocycles. The van der Waals surface area contributed by atoms with Crippen molar-refractivity contribution in [3.63, 3.8) is 0 Å². The molecule has 20 heavy (non-hydrogen) atoms. The minimum absolute atomic E-state index is 0.111. The van der Waals surface area contributed by atoms with E-state index in [-0.39, 0.29) is 12.6 Å². The normalized spacial score (nSPS) is 40.0. The zero-order valence-electron chi connectivity index (χ0n) is 12.0. The molecular weight excluding hydrogens is 246 g/mol. The number of aliphatic hydroxyl groups excluding tert-OH is 1. The first-order valence-electron chi connectivity index (χ1n) is 8.28. The molecule has 0 aliphatic heterocycles. The molecule has 2 heteroatoms. The smallest absolute Gasteiger partial charge is 0.0626 e. The molecule has 6 atom stereocenters. The summed E-state index contributed by atoms with van der Waals surface area (Å²) in [5, 5.41) is 13.5. The van der Waals surface area contributed by atoms with Crippen LogP contribution in [0.1, 0.15) is 43.7 Å². The van der Waals surface area contributed by atoms with E-state index in [0.29, 0.717) is 6.04 Å². The lowest BCUT2D eigenvalue weighted by atomic mass is 9.79. The van der Waals surface area contributed by atoms with E-state index < -0.39 is 0 Å². The highest BCUT2D eigenvalue weighted by molar-refractivity contribution is 5.19. The van der Waals surface area contributed by atoms with Crippen LogP contribution in [0.3, 0.4) is 0 Å². The minimum atomic E-state index is 0.111. The Morgan fingerprint density at radius 2 is 1.85 bits per heavy atom. The maximum Gasteiger partial charge on any atom is 0.0626 e. The topological polar surface area (TPSA) is 32.3 Å². The van der Waals surface area contributed by atoms with Gasteiger partial charge in [0.1, 0.15) is 0 Å². The Morgan fingerprint density at radius 3 is 2.65 bits per heavy atom. The molecule has 1 aromatic rings. The third-order valence-corrected chi connectivity index (χ3v) is 6.23. The van der Waals surface area contributed by atoms with E-state index in [1.54, 1.807) is 0 Å². The molecule has 1 aromatic carbocycles. The summed E-state index contributed by atoms with van der Waals surface area (Å²) >= 11 is 0. The highest BCUT2D eigenvalue weighted by atomic mass is 16.3. The number of fused-ring (bicyclic) bond motifs is 5. The molecule has 3 aliphatic rings. The second-order valence-electron chi connectivity index (χ2n) is 7.07. The first kappa shape index (κ1) is 12.8. The van der Waals surface area contributed by atoms with E-state index in [4.69, 9.17) is 0 Å². The zero-order valence-corrected chi connectivity index (χ0v) is 12.0. The lowest BCUT2D eigenvalue weighted by molar-refractivity contribution is 0.171. The summed E-state index contributed by atoms with van der Waals surface area (Å²) in [6.07, 6.45) is 7.19. The van der Waals surface area contributed by atoms with Gasteiger partial charge in [0.25, 0.3) is 0 Å². The molecule has 108 valence electrons. The van der Waals surface area contributed by atoms with Crippen LogP contribution in [0.25, 0.3) is 0 Å². The number of benzene rings is 1. The average molecular weight is 271 g/mol. The second kappa shape index (κ2) is 5.16. The molecule has 0 amide bonds. The number of nitrogens with one attached hydrogen (secondary N) is 1. The minimum Gasteiger partial charge on any atom is -0.394 e. The molecule has 3 fully saturated rings. The molecule has 0 spiro atoms. The number of hydrogen-bond acceptors (Lipinski definition) is 2. The van der Waals surface area contributed by atoms with Gasteiger partial charge < -0.3 is 10.4 Å². The molecule has 0 radical (unpaired) electrons. The Morgan fingerprint density at radius 1 is 1.05 bits per heavy atom. The van der Waals surface area contributed by atoms with Crippen molar-refractivity contribution in [1.29, 1.82) is 0 Å². The van der Waals surface area contributed by atoms with Gasteiger partial charge in [-0.2, -0.15) is 0 Å². The third kappa shape index (κ3) is 2.01. The number of rotatable bonds is 4. The largest absolute Gasteiger partial charge is 0.394 e. The van der Waals surface area contributed by atoms with Crippen LogP contribution in [0, 0.1) is 23.7 Å². The average Bonchev–Trinajstić information content (AvgIpc) is 3.18. The highest BCUT2D eigenvalue weighted by Crippen LogP contribution is 2.58. The van der Waals surface area contributed by atoms with Gasteiger partial charge in [-0.15, -0.1) is 0 Å². The SMILES string of the molecule is OC[C@H](N[C@@H]1C[C@H]2C[C@H]1[C@@H]1CCC[C@@H]21)c1ccccc1. The molecule has 3 aliphatic carbocycles. The number of hydrogen-bond donors (Lipinski definition) is 2. The summed E-state index contributed by atoms with van der Waals surface area (Å²) in [5.74, 6) is 3.88. The van der Waals surface area contributed by atoms with Crippen molar-refractivity contribution >= 4 is 0 Å². The summed E-state index contributed by atoms with van der Waals surface area (Å²) in [5.41, 5.74) is 1.22. The van der Waals surface area contributed by atoms with Gasteiger partial charge in [-0.05, 0) is 54.9 Å². The van der Waals surface area contributed by atoms with Gasteiger partial charge in [0.15, 0.2) is 0 Å². The molecule has 0 saturated heterocycles. The van der Waals surface area contributed by atoms with Crippen molar-refractivity contribution in [1.82, 2.24) is 5.32 Å². The maximum atomic E-state index is 9.73. The van der Waals surface area contributed by atoms with Crippen molar-refractivity contribution in [2.75, 3.05) is 6.61 Å². The van der Waals surface area contributed by atoms with E-state index in [1.165, 1.54) is 37.7 Å². The molecule has 0 unspecified atom stereocenters. The Balaban J connectivity index is 1.47. The zero-order chi connectivity index (χ0) is 13.5. The van der Waals surface area contributed by atoms with Crippen LogP contribution >= 0.6 is 0 Å². The monoisotopic (exact) mass is 271 g/mol. The van der Waals surface area contributed by atoms with E-state index in [1.807, 2.05) is 6.07 Å². The van der Waals surface area contributed by atoms with Crippen LogP contribution in [0.15, 0.2) is 30.3 Å². The van der Waals surface area contributed by atoms with Gasteiger partial charge >= 0.3 is 0 Å². The van der Waals surface area contributed by atoms with Crippen molar-refractivity contribution in [2.45, 2.75) is 44.2 Å². The quantitative estimate of drug-likeness (QED) is 0.882. The fourth-order valence-corrected chi connectivity index (χ4v) is 5.46. The Labute approximate surface area is 121 Å². The summed E-state index contributed by atoms with van der Waals surface area (Å²) in [4.78, 5) is 0. The summed E-state index contributed by atoms with van der Waals surface area (Å²) < 4.78 is 0. The van der Waals surface area contributed by atoms with E-state index in [0.717, 1.165) is 23.7 Å². The lowest BCUT2D eigenvalue weighted by Crippen LogP contribution is -2.42. The summed E-state index contributed by atoms with van der Waals surface area (Å²) in [6.45, 7) is 0.200. The van der Waals surface area contributed by atoms with Gasteiger partial charge in [-0.1, -0.05) is 36.8 Å². The maximum absolute atomic E-state index is 9.73. The van der Waals surface area contributed by atoms with E-state index in [2.05, 4.69) is 29.6 Å². The lowest BCUT2D eigenvalue weighted by Gasteiger charge is -2.34. The predicted octanol–water partition coefficient (Wildman–Crippen LogP) is 3.13. The van der Waals surface area contributed by atoms with Crippen molar-refractivity contribution < 1.29 is 5.11 Å². The molecule has 2 bridgehead atoms. The highest BCUT2D eigenvalue weighted by Gasteiger charge is 2.53. The molecular formula is C18H25NO. The molecule has 4 rings (SSSR count). The van der Waals surface area contributed by atoms with Crippen LogP contribution in [-0.2, 0) is 0 Å². The van der Waals surface area contributed by atoms with E-state index in [9.17, 15) is 5.11 Å². The van der Waals surface area contributed by atoms with Gasteiger partial charge in [-0.25, -0.2) is 0 Å². The molecule has 3 saturated carbocycles. The van der Waals surface area contributed by atoms with Crippen LogP contribution in [-0.4, -0.2) is 17.8 Å². The summed E-state index contributed by atoms with van der Waals surface area (Å²) in [6, 6.07) is 11.2. The van der Waals surface area contributed by atoms with Gasteiger partial charge in [0.05, 0.1) is 12.6 Å². The fraction of sp³-hybridized carbons (Fsp3) is 0.667. The van der Waals surface area contributed by atoms with Crippen LogP contribution in [0.4, 0.5) is 0 Å². The standard InChI is InChI=1S/C18H25NO/c20-11-18(12-5-2-1-3-6-12)19-17-10-13-9-16(17)15-8-4-7-14(13)15/h1-3,5-6,13-20H,4,7-11H2/t13-,14+,15-,16+,17-,18+/m1/s1. The molecule has 0 aromatic heterocycles. The van der Waals surface area contributed by atoms with Crippen LogP contribution in [0.2, 0.25) is 0 Å². The van der Waals surface area contributed by atoms with Gasteiger partial charge in [0, 0.05) is 6.04 Å². The second-order valence-corrected chi connectivity index (χ2v) is 7.07. The van der Waals surface area contributed by atoms with E-state index >= 15 is 0 Å². The van der Waals surface area contributed by atoms with Crippen molar-refractivity contribution in [2.24, 2.45) is 23.7 Å². The van der Waals surface area contributed by atoms with Crippen molar-refractivity contribution in [3.8, 4) is 0 Å². The summed E-state index contributed by atoms with van der Waals surface area (Å²) in [7, 11) is 0. The van der Waals surface area contributed by atoms with Gasteiger partial charge in [0.2, 0.25) is 0 Å². The first-order valence-corrected chi connectivity index (χ1v) is 8.28. The molecule has 2 N–H and O–H groups in total. The Bertz CT molecular complexity index is 460.